The van der Waals surface area contributed by atoms with Crippen molar-refractivity contribution in [3.05, 3.63) is 0 Å². The molecule has 2 bridgehead atoms. The Kier molecular flexibility index (Phi) is 3.55. The van der Waals surface area contributed by atoms with Gasteiger partial charge in [0.1, 0.15) is 5.54 Å². The Morgan fingerprint density at radius 3 is 2.68 bits per heavy atom. The van der Waals surface area contributed by atoms with Crippen molar-refractivity contribution in [3.8, 4) is 0 Å². The standard InChI is InChI=1S/C11H17N3O7S/c15-9(16)11(7-2-4-12-5-7)3-1-8-6-13(11)10(17)14(8)21-22(18,19)20/h7-8,12H,1-6H2,(H,15,16)(H,18,19,20)/t7-,8-,11+/m1/s1. The number of amides is 2. The van der Waals surface area contributed by atoms with E-state index >= 15 is 0 Å². The summed E-state index contributed by atoms with van der Waals surface area (Å²) in [6.45, 7) is 1.23. The second kappa shape index (κ2) is 5.05. The van der Waals surface area contributed by atoms with Gasteiger partial charge in [-0.15, -0.1) is 4.28 Å². The number of carbonyl (C=O) groups excluding carboxylic acids is 1. The summed E-state index contributed by atoms with van der Waals surface area (Å²) in [7, 11) is -4.84. The van der Waals surface area contributed by atoms with Crippen LogP contribution in [0.15, 0.2) is 0 Å². The van der Waals surface area contributed by atoms with Gasteiger partial charge in [0.25, 0.3) is 0 Å². The molecule has 0 aromatic carbocycles. The third-order valence-electron chi connectivity index (χ3n) is 4.77. The molecule has 10 nitrogen and oxygen atoms in total. The molecule has 0 spiro atoms. The highest BCUT2D eigenvalue weighted by Crippen LogP contribution is 2.43. The molecule has 3 rings (SSSR count). The number of nitrogens with zero attached hydrogens (tertiary/aromatic N) is 2. The van der Waals surface area contributed by atoms with Gasteiger partial charge in [-0.05, 0) is 25.8 Å². The van der Waals surface area contributed by atoms with Crippen LogP contribution in [-0.2, 0) is 19.5 Å². The maximum absolute atomic E-state index is 12.4. The predicted molar refractivity (Wildman–Crippen MR) is 70.9 cm³/mol. The number of hydroxylamine groups is 2. The summed E-state index contributed by atoms with van der Waals surface area (Å²) >= 11 is 0. The topological polar surface area (TPSA) is 136 Å². The average molecular weight is 335 g/mol. The molecule has 3 heterocycles. The fraction of sp³-hybridized carbons (Fsp3) is 0.818. The van der Waals surface area contributed by atoms with Gasteiger partial charge in [0.2, 0.25) is 0 Å². The van der Waals surface area contributed by atoms with Gasteiger partial charge in [-0.2, -0.15) is 13.5 Å². The lowest BCUT2D eigenvalue weighted by Crippen LogP contribution is -2.62. The summed E-state index contributed by atoms with van der Waals surface area (Å²) in [6, 6.07) is -1.43. The molecule has 3 aliphatic rings. The van der Waals surface area contributed by atoms with E-state index in [0.717, 1.165) is 0 Å². The first-order chi connectivity index (χ1) is 10.3. The van der Waals surface area contributed by atoms with Crippen LogP contribution in [0.4, 0.5) is 4.79 Å². The molecule has 3 aliphatic heterocycles. The molecular formula is C11H17N3O7S. The molecule has 0 radical (unpaired) electrons. The summed E-state index contributed by atoms with van der Waals surface area (Å²) < 4.78 is 34.8. The number of aliphatic carboxylic acids is 1. The summed E-state index contributed by atoms with van der Waals surface area (Å²) in [4.78, 5) is 25.5. The average Bonchev–Trinajstić information content (AvgIpc) is 3.03. The molecule has 0 aliphatic carbocycles. The Hall–Kier alpha value is -1.43. The first-order valence-electron chi connectivity index (χ1n) is 6.97. The molecule has 2 amide bonds. The molecule has 0 aromatic rings. The van der Waals surface area contributed by atoms with E-state index in [4.69, 9.17) is 4.55 Å². The van der Waals surface area contributed by atoms with Crippen LogP contribution in [0.2, 0.25) is 0 Å². The molecule has 22 heavy (non-hydrogen) atoms. The van der Waals surface area contributed by atoms with E-state index in [0.29, 0.717) is 31.0 Å². The largest absolute Gasteiger partial charge is 0.479 e. The molecule has 0 saturated carbocycles. The fourth-order valence-electron chi connectivity index (χ4n) is 3.78. The number of carboxylic acid groups (broad SMARTS) is 1. The number of urea groups is 1. The number of hydrogen-bond donors (Lipinski definition) is 3. The van der Waals surface area contributed by atoms with Gasteiger partial charge in [-0.1, -0.05) is 0 Å². The van der Waals surface area contributed by atoms with Gasteiger partial charge >= 0.3 is 22.4 Å². The number of rotatable bonds is 4. The van der Waals surface area contributed by atoms with E-state index in [-0.39, 0.29) is 18.9 Å². The Morgan fingerprint density at radius 2 is 2.14 bits per heavy atom. The number of piperidine rings is 1. The van der Waals surface area contributed by atoms with Crippen molar-refractivity contribution < 1.29 is 31.9 Å². The van der Waals surface area contributed by atoms with Crippen molar-refractivity contribution in [1.82, 2.24) is 15.3 Å². The Morgan fingerprint density at radius 1 is 1.41 bits per heavy atom. The zero-order valence-electron chi connectivity index (χ0n) is 11.6. The van der Waals surface area contributed by atoms with Crippen LogP contribution in [0.1, 0.15) is 19.3 Å². The maximum Gasteiger partial charge on any atom is 0.418 e. The van der Waals surface area contributed by atoms with E-state index in [1.165, 1.54) is 4.90 Å². The first-order valence-corrected chi connectivity index (χ1v) is 8.34. The SMILES string of the molecule is O=C1N(OS(=O)(=O)O)[C@@H]2CC[C@@](C(=O)O)([C@@H]3CCNC3)N1C2. The van der Waals surface area contributed by atoms with Gasteiger partial charge in [-0.3, -0.25) is 4.55 Å². The van der Waals surface area contributed by atoms with Crippen LogP contribution in [0.5, 0.6) is 0 Å². The minimum atomic E-state index is -4.84. The van der Waals surface area contributed by atoms with Crippen LogP contribution in [0.25, 0.3) is 0 Å². The van der Waals surface area contributed by atoms with Crippen LogP contribution < -0.4 is 5.32 Å². The second-order valence-electron chi connectivity index (χ2n) is 5.83. The lowest BCUT2D eigenvalue weighted by molar-refractivity contribution is -0.154. The monoisotopic (exact) mass is 335 g/mol. The summed E-state index contributed by atoms with van der Waals surface area (Å²) in [5.41, 5.74) is -1.37. The van der Waals surface area contributed by atoms with Gasteiger partial charge in [0, 0.05) is 19.0 Å². The van der Waals surface area contributed by atoms with E-state index in [1.807, 2.05) is 0 Å². The number of carboxylic acids is 1. The summed E-state index contributed by atoms with van der Waals surface area (Å²) in [5.74, 6) is -1.35. The van der Waals surface area contributed by atoms with E-state index in [2.05, 4.69) is 9.60 Å². The zero-order valence-corrected chi connectivity index (χ0v) is 12.5. The Bertz CT molecular complexity index is 603. The van der Waals surface area contributed by atoms with Crippen molar-refractivity contribution in [3.63, 3.8) is 0 Å². The fourth-order valence-corrected chi connectivity index (χ4v) is 4.17. The summed E-state index contributed by atoms with van der Waals surface area (Å²) in [5, 5.41) is 13.4. The van der Waals surface area contributed by atoms with Gasteiger partial charge in [0.05, 0.1) is 6.04 Å². The lowest BCUT2D eigenvalue weighted by Gasteiger charge is -2.43. The van der Waals surface area contributed by atoms with Gasteiger partial charge < -0.3 is 15.3 Å². The van der Waals surface area contributed by atoms with E-state index in [9.17, 15) is 23.1 Å². The highest BCUT2D eigenvalue weighted by atomic mass is 32.3. The van der Waals surface area contributed by atoms with Crippen molar-refractivity contribution >= 4 is 22.4 Å². The van der Waals surface area contributed by atoms with Crippen LogP contribution >= 0.6 is 0 Å². The van der Waals surface area contributed by atoms with Crippen LogP contribution in [-0.4, -0.2) is 71.3 Å². The zero-order chi connectivity index (χ0) is 16.1. The molecule has 3 fully saturated rings. The first kappa shape index (κ1) is 15.5. The highest BCUT2D eigenvalue weighted by Gasteiger charge is 2.61. The highest BCUT2D eigenvalue weighted by molar-refractivity contribution is 7.80. The molecule has 124 valence electrons. The van der Waals surface area contributed by atoms with Crippen molar-refractivity contribution in [2.75, 3.05) is 19.6 Å². The van der Waals surface area contributed by atoms with Crippen molar-refractivity contribution in [2.45, 2.75) is 30.8 Å². The normalized spacial score (nSPS) is 35.2. The number of fused-ring (bicyclic) bond motifs is 2. The number of nitrogens with one attached hydrogen (secondary N) is 1. The number of hydrogen-bond acceptors (Lipinski definition) is 6. The van der Waals surface area contributed by atoms with E-state index < -0.39 is 34.0 Å². The van der Waals surface area contributed by atoms with Crippen molar-refractivity contribution in [1.29, 1.82) is 0 Å². The van der Waals surface area contributed by atoms with Crippen molar-refractivity contribution in [2.24, 2.45) is 5.92 Å². The molecule has 3 saturated heterocycles. The quantitative estimate of drug-likeness (QED) is 0.560. The second-order valence-corrected chi connectivity index (χ2v) is 6.84. The minimum absolute atomic E-state index is 0.0666. The van der Waals surface area contributed by atoms with Crippen LogP contribution in [0, 0.1) is 5.92 Å². The van der Waals surface area contributed by atoms with Gasteiger partial charge in [-0.25, -0.2) is 9.59 Å². The molecule has 0 aromatic heterocycles. The molecule has 3 N–H and O–H groups in total. The van der Waals surface area contributed by atoms with Crippen LogP contribution in [0.3, 0.4) is 0 Å². The minimum Gasteiger partial charge on any atom is -0.479 e. The van der Waals surface area contributed by atoms with Gasteiger partial charge in [0.15, 0.2) is 0 Å². The molecule has 0 unspecified atom stereocenters. The number of carbonyl (C=O) groups is 2. The maximum atomic E-state index is 12.4. The molecule has 11 heteroatoms. The third kappa shape index (κ3) is 2.24. The molecular weight excluding hydrogens is 318 g/mol. The third-order valence-corrected chi connectivity index (χ3v) is 5.11. The summed E-state index contributed by atoms with van der Waals surface area (Å²) in [6.07, 6.45) is 1.14. The molecule has 3 atom stereocenters. The Labute approximate surface area is 126 Å². The van der Waals surface area contributed by atoms with E-state index in [1.54, 1.807) is 0 Å². The Balaban J connectivity index is 1.93. The lowest BCUT2D eigenvalue weighted by atomic mass is 9.75. The predicted octanol–water partition coefficient (Wildman–Crippen LogP) is -0.946. The smallest absolute Gasteiger partial charge is 0.418 e.